The first kappa shape index (κ1) is 16.3. The van der Waals surface area contributed by atoms with Gasteiger partial charge < -0.3 is 20.2 Å². The predicted octanol–water partition coefficient (Wildman–Crippen LogP) is 1.22. The summed E-state index contributed by atoms with van der Waals surface area (Å²) in [5.41, 5.74) is -0.877. The molecule has 0 aromatic carbocycles. The molecule has 1 saturated carbocycles. The number of rotatable bonds is 6. The molecule has 0 radical (unpaired) electrons. The number of aliphatic hydroxyl groups excluding tert-OH is 1. The van der Waals surface area contributed by atoms with Gasteiger partial charge in [0.25, 0.3) is 0 Å². The molecule has 0 bridgehead atoms. The molecule has 1 aliphatic carbocycles. The van der Waals surface area contributed by atoms with E-state index in [0.717, 1.165) is 19.3 Å². The summed E-state index contributed by atoms with van der Waals surface area (Å²) in [6.07, 6.45) is 8.56. The van der Waals surface area contributed by atoms with Gasteiger partial charge in [-0.05, 0) is 31.1 Å². The molecule has 1 aliphatic rings. The Balaban J connectivity index is 2.02. The molecule has 2 rings (SSSR count). The standard InChI is InChI=1S/C16H22N2O4/c19-11-10-17-15(21)16(8-2-1-3-9-16)18-14(20)7-6-13-5-4-12-22-13/h4-7,12,19H,1-3,8-11H2,(H,17,21)(H,18,20)/b7-6+. The highest BCUT2D eigenvalue weighted by molar-refractivity contribution is 5.97. The number of amides is 2. The van der Waals surface area contributed by atoms with E-state index in [4.69, 9.17) is 9.52 Å². The summed E-state index contributed by atoms with van der Waals surface area (Å²) in [5, 5.41) is 14.4. The van der Waals surface area contributed by atoms with Gasteiger partial charge >= 0.3 is 0 Å². The minimum absolute atomic E-state index is 0.117. The number of furan rings is 1. The average molecular weight is 306 g/mol. The number of nitrogens with one attached hydrogen (secondary N) is 2. The van der Waals surface area contributed by atoms with Gasteiger partial charge in [-0.3, -0.25) is 9.59 Å². The van der Waals surface area contributed by atoms with E-state index in [1.807, 2.05) is 0 Å². The van der Waals surface area contributed by atoms with Crippen molar-refractivity contribution in [3.63, 3.8) is 0 Å². The van der Waals surface area contributed by atoms with E-state index in [2.05, 4.69) is 10.6 Å². The Morgan fingerprint density at radius 3 is 2.73 bits per heavy atom. The predicted molar refractivity (Wildman–Crippen MR) is 81.8 cm³/mol. The van der Waals surface area contributed by atoms with Crippen molar-refractivity contribution in [2.75, 3.05) is 13.2 Å². The van der Waals surface area contributed by atoms with Crippen molar-refractivity contribution in [2.45, 2.75) is 37.6 Å². The lowest BCUT2D eigenvalue weighted by Gasteiger charge is -2.36. The number of carbonyl (C=O) groups is 2. The highest BCUT2D eigenvalue weighted by Gasteiger charge is 2.40. The van der Waals surface area contributed by atoms with Crippen LogP contribution in [0.3, 0.4) is 0 Å². The maximum atomic E-state index is 12.4. The Hall–Kier alpha value is -2.08. The first-order valence-electron chi connectivity index (χ1n) is 7.59. The molecule has 1 heterocycles. The number of carbonyl (C=O) groups excluding carboxylic acids is 2. The fourth-order valence-corrected chi connectivity index (χ4v) is 2.72. The molecule has 22 heavy (non-hydrogen) atoms. The summed E-state index contributed by atoms with van der Waals surface area (Å²) in [6, 6.07) is 3.48. The van der Waals surface area contributed by atoms with E-state index in [1.165, 1.54) is 12.3 Å². The maximum Gasteiger partial charge on any atom is 0.245 e. The quantitative estimate of drug-likeness (QED) is 0.689. The summed E-state index contributed by atoms with van der Waals surface area (Å²) in [7, 11) is 0. The minimum Gasteiger partial charge on any atom is -0.465 e. The van der Waals surface area contributed by atoms with E-state index in [0.29, 0.717) is 18.6 Å². The Kier molecular flexibility index (Phi) is 5.77. The fraction of sp³-hybridized carbons (Fsp3) is 0.500. The summed E-state index contributed by atoms with van der Waals surface area (Å²) in [4.78, 5) is 24.5. The zero-order chi connectivity index (χ0) is 15.8. The first-order chi connectivity index (χ1) is 10.7. The van der Waals surface area contributed by atoms with Crippen molar-refractivity contribution in [3.8, 4) is 0 Å². The van der Waals surface area contributed by atoms with Crippen LogP contribution in [-0.2, 0) is 9.59 Å². The van der Waals surface area contributed by atoms with Gasteiger partial charge in [0.1, 0.15) is 11.3 Å². The Morgan fingerprint density at radius 1 is 1.32 bits per heavy atom. The lowest BCUT2D eigenvalue weighted by Crippen LogP contribution is -2.59. The van der Waals surface area contributed by atoms with Gasteiger partial charge in [-0.2, -0.15) is 0 Å². The van der Waals surface area contributed by atoms with Crippen molar-refractivity contribution in [1.29, 1.82) is 0 Å². The Labute approximate surface area is 129 Å². The molecule has 1 aromatic rings. The third-order valence-electron chi connectivity index (χ3n) is 3.84. The maximum absolute atomic E-state index is 12.4. The molecule has 0 atom stereocenters. The SMILES string of the molecule is O=C(/C=C/c1ccco1)NC1(C(=O)NCCO)CCCCC1. The Morgan fingerprint density at radius 2 is 2.09 bits per heavy atom. The molecular formula is C16H22N2O4. The van der Waals surface area contributed by atoms with Gasteiger partial charge in [-0.1, -0.05) is 19.3 Å². The van der Waals surface area contributed by atoms with Crippen molar-refractivity contribution < 1.29 is 19.1 Å². The second-order valence-electron chi connectivity index (χ2n) is 5.46. The van der Waals surface area contributed by atoms with E-state index in [-0.39, 0.29) is 25.0 Å². The molecule has 120 valence electrons. The summed E-state index contributed by atoms with van der Waals surface area (Å²) in [6.45, 7) is 0.0762. The molecule has 1 aromatic heterocycles. The second-order valence-corrected chi connectivity index (χ2v) is 5.46. The molecule has 1 fully saturated rings. The molecule has 2 amide bonds. The number of aliphatic hydroxyl groups is 1. The van der Waals surface area contributed by atoms with Crippen LogP contribution in [0.4, 0.5) is 0 Å². The molecule has 6 nitrogen and oxygen atoms in total. The van der Waals surface area contributed by atoms with Crippen LogP contribution in [0.15, 0.2) is 28.9 Å². The third-order valence-corrected chi connectivity index (χ3v) is 3.84. The molecule has 6 heteroatoms. The zero-order valence-electron chi connectivity index (χ0n) is 12.5. The molecule has 3 N–H and O–H groups in total. The Bertz CT molecular complexity index is 516. The average Bonchev–Trinajstić information content (AvgIpc) is 3.05. The van der Waals surface area contributed by atoms with Crippen LogP contribution in [0.25, 0.3) is 6.08 Å². The fourth-order valence-electron chi connectivity index (χ4n) is 2.72. The van der Waals surface area contributed by atoms with Crippen LogP contribution in [-0.4, -0.2) is 35.6 Å². The van der Waals surface area contributed by atoms with Gasteiger partial charge in [-0.15, -0.1) is 0 Å². The zero-order valence-corrected chi connectivity index (χ0v) is 12.5. The normalized spacial score (nSPS) is 17.3. The van der Waals surface area contributed by atoms with E-state index < -0.39 is 5.54 Å². The molecule has 0 aliphatic heterocycles. The van der Waals surface area contributed by atoms with Gasteiger partial charge in [-0.25, -0.2) is 0 Å². The number of hydrogen-bond acceptors (Lipinski definition) is 4. The highest BCUT2D eigenvalue weighted by atomic mass is 16.3. The van der Waals surface area contributed by atoms with Gasteiger partial charge in [0.05, 0.1) is 12.9 Å². The van der Waals surface area contributed by atoms with Gasteiger partial charge in [0, 0.05) is 12.6 Å². The molecule has 0 spiro atoms. The second kappa shape index (κ2) is 7.79. The van der Waals surface area contributed by atoms with Crippen LogP contribution < -0.4 is 10.6 Å². The van der Waals surface area contributed by atoms with Crippen LogP contribution in [0.1, 0.15) is 37.9 Å². The van der Waals surface area contributed by atoms with Gasteiger partial charge in [0.15, 0.2) is 0 Å². The van der Waals surface area contributed by atoms with Crippen molar-refractivity contribution in [3.05, 3.63) is 30.2 Å². The van der Waals surface area contributed by atoms with Crippen LogP contribution in [0, 0.1) is 0 Å². The largest absolute Gasteiger partial charge is 0.465 e. The van der Waals surface area contributed by atoms with E-state index in [1.54, 1.807) is 18.2 Å². The van der Waals surface area contributed by atoms with Crippen LogP contribution in [0.5, 0.6) is 0 Å². The van der Waals surface area contributed by atoms with Crippen molar-refractivity contribution in [2.24, 2.45) is 0 Å². The summed E-state index contributed by atoms with van der Waals surface area (Å²) < 4.78 is 5.13. The number of hydrogen-bond donors (Lipinski definition) is 3. The smallest absolute Gasteiger partial charge is 0.245 e. The minimum atomic E-state index is -0.877. The molecular weight excluding hydrogens is 284 g/mol. The van der Waals surface area contributed by atoms with E-state index in [9.17, 15) is 9.59 Å². The highest BCUT2D eigenvalue weighted by Crippen LogP contribution is 2.28. The summed E-state index contributed by atoms with van der Waals surface area (Å²) >= 11 is 0. The van der Waals surface area contributed by atoms with Crippen molar-refractivity contribution in [1.82, 2.24) is 10.6 Å². The van der Waals surface area contributed by atoms with Crippen LogP contribution in [0.2, 0.25) is 0 Å². The monoisotopic (exact) mass is 306 g/mol. The molecule has 0 unspecified atom stereocenters. The summed E-state index contributed by atoms with van der Waals surface area (Å²) in [5.74, 6) is 0.0380. The molecule has 0 saturated heterocycles. The first-order valence-corrected chi connectivity index (χ1v) is 7.59. The van der Waals surface area contributed by atoms with E-state index >= 15 is 0 Å². The van der Waals surface area contributed by atoms with Crippen molar-refractivity contribution >= 4 is 17.9 Å². The van der Waals surface area contributed by atoms with Crippen LogP contribution >= 0.6 is 0 Å². The topological polar surface area (TPSA) is 91.6 Å². The third kappa shape index (κ3) is 4.21. The lowest BCUT2D eigenvalue weighted by molar-refractivity contribution is -0.133. The lowest BCUT2D eigenvalue weighted by atomic mass is 9.80. The van der Waals surface area contributed by atoms with Gasteiger partial charge in [0.2, 0.25) is 11.8 Å².